The molecule has 0 spiro atoms. The zero-order valence-electron chi connectivity index (χ0n) is 17.5. The van der Waals surface area contributed by atoms with Crippen LogP contribution in [0.5, 0.6) is 0 Å². The lowest BCUT2D eigenvalue weighted by atomic mass is 10.1. The summed E-state index contributed by atoms with van der Waals surface area (Å²) in [6.45, 7) is 9.11. The Labute approximate surface area is 170 Å². The Bertz CT molecular complexity index is 848. The van der Waals surface area contributed by atoms with Gasteiger partial charge in [0.2, 0.25) is 11.8 Å². The highest BCUT2D eigenvalue weighted by Crippen LogP contribution is 2.19. The Balaban J connectivity index is 1.58. The summed E-state index contributed by atoms with van der Waals surface area (Å²) in [5, 5.41) is 4.01. The van der Waals surface area contributed by atoms with Gasteiger partial charge in [-0.15, -0.1) is 0 Å². The second-order valence-corrected chi connectivity index (χ2v) is 7.88. The minimum atomic E-state index is -0.104. The number of amides is 2. The van der Waals surface area contributed by atoms with Crippen molar-refractivity contribution in [2.45, 2.75) is 53.0 Å². The summed E-state index contributed by atoms with van der Waals surface area (Å²) in [5.41, 5.74) is 0.468. The zero-order chi connectivity index (χ0) is 21.0. The molecule has 1 fully saturated rings. The third kappa shape index (κ3) is 5.36. The second kappa shape index (κ2) is 9.11. The van der Waals surface area contributed by atoms with Gasteiger partial charge in [-0.2, -0.15) is 4.98 Å². The normalized spacial score (nSPS) is 16.4. The fraction of sp³-hybridized carbons (Fsp3) is 0.600. The third-order valence-electron chi connectivity index (χ3n) is 4.99. The van der Waals surface area contributed by atoms with Crippen LogP contribution in [-0.2, 0) is 17.6 Å². The maximum absolute atomic E-state index is 12.7. The number of hydrogen-bond donors (Lipinski definition) is 0. The van der Waals surface area contributed by atoms with Crippen molar-refractivity contribution >= 4 is 11.8 Å². The Morgan fingerprint density at radius 3 is 2.69 bits per heavy atom. The Kier molecular flexibility index (Phi) is 6.56. The summed E-state index contributed by atoms with van der Waals surface area (Å²) in [4.78, 5) is 41.0. The first kappa shape index (κ1) is 20.9. The van der Waals surface area contributed by atoms with Gasteiger partial charge in [0, 0.05) is 51.8 Å². The summed E-state index contributed by atoms with van der Waals surface area (Å²) in [6.07, 6.45) is 5.10. The van der Waals surface area contributed by atoms with Crippen LogP contribution in [0.15, 0.2) is 16.9 Å². The van der Waals surface area contributed by atoms with E-state index in [0.29, 0.717) is 55.1 Å². The summed E-state index contributed by atoms with van der Waals surface area (Å²) in [7, 11) is 0. The molecule has 1 atom stereocenters. The van der Waals surface area contributed by atoms with Gasteiger partial charge in [0.25, 0.3) is 5.91 Å². The van der Waals surface area contributed by atoms with Crippen molar-refractivity contribution in [3.63, 3.8) is 0 Å². The minimum absolute atomic E-state index is 0.0196. The third-order valence-corrected chi connectivity index (χ3v) is 4.99. The van der Waals surface area contributed by atoms with Crippen LogP contribution in [0.4, 0.5) is 0 Å². The molecule has 156 valence electrons. The van der Waals surface area contributed by atoms with E-state index < -0.39 is 0 Å². The van der Waals surface area contributed by atoms with Crippen LogP contribution in [0.2, 0.25) is 0 Å². The van der Waals surface area contributed by atoms with Gasteiger partial charge in [0.1, 0.15) is 5.82 Å². The molecule has 3 rings (SSSR count). The van der Waals surface area contributed by atoms with Crippen LogP contribution in [0.1, 0.15) is 55.1 Å². The molecule has 3 heterocycles. The van der Waals surface area contributed by atoms with Gasteiger partial charge in [-0.1, -0.05) is 19.0 Å². The molecular formula is C20H28N6O3. The maximum Gasteiger partial charge on any atom is 0.257 e. The average molecular weight is 400 g/mol. The van der Waals surface area contributed by atoms with Crippen molar-refractivity contribution in [1.29, 1.82) is 0 Å². The van der Waals surface area contributed by atoms with E-state index in [-0.39, 0.29) is 17.9 Å². The predicted molar refractivity (Wildman–Crippen MR) is 105 cm³/mol. The monoisotopic (exact) mass is 400 g/mol. The van der Waals surface area contributed by atoms with E-state index in [9.17, 15) is 9.59 Å². The molecule has 0 aliphatic carbocycles. The van der Waals surface area contributed by atoms with Crippen LogP contribution >= 0.6 is 0 Å². The number of likely N-dealkylation sites (tertiary alicyclic amines) is 1. The molecule has 1 saturated heterocycles. The standard InChI is InChI=1S/C20H28N6O3/c1-13(2)9-19-23-18(24-29-19)6-8-26(15(4)27)17-5-7-25(12-17)20(28)16-10-21-14(3)22-11-16/h10-11,13,17H,5-9,12H2,1-4H3. The van der Waals surface area contributed by atoms with Gasteiger partial charge in [-0.05, 0) is 19.3 Å². The number of aryl methyl sites for hydroxylation is 1. The number of nitrogens with zero attached hydrogens (tertiary/aromatic N) is 6. The average Bonchev–Trinajstić information content (AvgIpc) is 3.31. The van der Waals surface area contributed by atoms with E-state index in [1.807, 2.05) is 0 Å². The lowest BCUT2D eigenvalue weighted by molar-refractivity contribution is -0.130. The van der Waals surface area contributed by atoms with Crippen molar-refractivity contribution in [1.82, 2.24) is 29.9 Å². The fourth-order valence-corrected chi connectivity index (χ4v) is 3.51. The number of rotatable bonds is 7. The number of carbonyl (C=O) groups excluding carboxylic acids is 2. The van der Waals surface area contributed by atoms with Gasteiger partial charge in [0.15, 0.2) is 5.82 Å². The van der Waals surface area contributed by atoms with Crippen molar-refractivity contribution in [2.75, 3.05) is 19.6 Å². The molecular weight excluding hydrogens is 372 g/mol. The second-order valence-electron chi connectivity index (χ2n) is 7.88. The van der Waals surface area contributed by atoms with E-state index in [0.717, 1.165) is 12.8 Å². The van der Waals surface area contributed by atoms with Crippen LogP contribution in [0.25, 0.3) is 0 Å². The molecule has 9 nitrogen and oxygen atoms in total. The highest BCUT2D eigenvalue weighted by molar-refractivity contribution is 5.93. The largest absolute Gasteiger partial charge is 0.339 e. The molecule has 2 amide bonds. The van der Waals surface area contributed by atoms with Crippen molar-refractivity contribution < 1.29 is 14.1 Å². The van der Waals surface area contributed by atoms with E-state index in [4.69, 9.17) is 4.52 Å². The molecule has 0 bridgehead atoms. The van der Waals surface area contributed by atoms with Crippen LogP contribution < -0.4 is 0 Å². The van der Waals surface area contributed by atoms with E-state index >= 15 is 0 Å². The van der Waals surface area contributed by atoms with Gasteiger partial charge in [-0.3, -0.25) is 9.59 Å². The van der Waals surface area contributed by atoms with Crippen molar-refractivity contribution in [2.24, 2.45) is 5.92 Å². The zero-order valence-corrected chi connectivity index (χ0v) is 17.5. The molecule has 1 aliphatic heterocycles. The van der Waals surface area contributed by atoms with Crippen molar-refractivity contribution in [3.8, 4) is 0 Å². The first-order valence-electron chi connectivity index (χ1n) is 10.00. The molecule has 0 N–H and O–H groups in total. The molecule has 1 aliphatic rings. The van der Waals surface area contributed by atoms with Gasteiger partial charge < -0.3 is 14.3 Å². The summed E-state index contributed by atoms with van der Waals surface area (Å²) >= 11 is 0. The SMILES string of the molecule is CC(=O)N(CCc1noc(CC(C)C)n1)C1CCN(C(=O)c2cnc(C)nc2)C1. The first-order valence-corrected chi connectivity index (χ1v) is 10.00. The van der Waals surface area contributed by atoms with Crippen LogP contribution in [0.3, 0.4) is 0 Å². The predicted octanol–water partition coefficient (Wildman–Crippen LogP) is 1.67. The minimum Gasteiger partial charge on any atom is -0.339 e. The Hall–Kier alpha value is -2.84. The van der Waals surface area contributed by atoms with Crippen LogP contribution in [0, 0.1) is 12.8 Å². The van der Waals surface area contributed by atoms with Gasteiger partial charge >= 0.3 is 0 Å². The van der Waals surface area contributed by atoms with E-state index in [2.05, 4.69) is 34.0 Å². The van der Waals surface area contributed by atoms with E-state index in [1.165, 1.54) is 0 Å². The Morgan fingerprint density at radius 2 is 2.03 bits per heavy atom. The summed E-state index contributed by atoms with van der Waals surface area (Å²) < 4.78 is 5.27. The lowest BCUT2D eigenvalue weighted by Gasteiger charge is -2.27. The quantitative estimate of drug-likeness (QED) is 0.696. The number of aromatic nitrogens is 4. The molecule has 0 radical (unpaired) electrons. The highest BCUT2D eigenvalue weighted by atomic mass is 16.5. The fourth-order valence-electron chi connectivity index (χ4n) is 3.51. The molecule has 0 aromatic carbocycles. The topological polar surface area (TPSA) is 105 Å². The van der Waals surface area contributed by atoms with Gasteiger partial charge in [-0.25, -0.2) is 9.97 Å². The lowest BCUT2D eigenvalue weighted by Crippen LogP contribution is -2.42. The molecule has 9 heteroatoms. The van der Waals surface area contributed by atoms with Crippen LogP contribution in [-0.4, -0.2) is 67.4 Å². The molecule has 29 heavy (non-hydrogen) atoms. The highest BCUT2D eigenvalue weighted by Gasteiger charge is 2.32. The Morgan fingerprint density at radius 1 is 1.31 bits per heavy atom. The van der Waals surface area contributed by atoms with Crippen molar-refractivity contribution in [3.05, 3.63) is 35.5 Å². The molecule has 1 unspecified atom stereocenters. The molecule has 0 saturated carbocycles. The molecule has 2 aromatic rings. The smallest absolute Gasteiger partial charge is 0.257 e. The first-order chi connectivity index (χ1) is 13.8. The van der Waals surface area contributed by atoms with E-state index in [1.54, 1.807) is 36.0 Å². The summed E-state index contributed by atoms with van der Waals surface area (Å²) in [6, 6.07) is -0.0233. The van der Waals surface area contributed by atoms with Gasteiger partial charge in [0.05, 0.1) is 11.6 Å². The molecule has 2 aromatic heterocycles. The summed E-state index contributed by atoms with van der Waals surface area (Å²) in [5.74, 6) is 2.18. The number of carbonyl (C=O) groups is 2. The maximum atomic E-state index is 12.7. The number of hydrogen-bond acceptors (Lipinski definition) is 7.